The third kappa shape index (κ3) is 2.36. The van der Waals surface area contributed by atoms with Gasteiger partial charge >= 0.3 is 0 Å². The van der Waals surface area contributed by atoms with Crippen LogP contribution >= 0.6 is 15.9 Å². The second kappa shape index (κ2) is 4.69. The van der Waals surface area contributed by atoms with Gasteiger partial charge in [-0.2, -0.15) is 0 Å². The first-order valence-corrected chi connectivity index (χ1v) is 4.83. The minimum Gasteiger partial charge on any atom is -0.451 e. The number of methoxy groups -OCH3 is 1. The van der Waals surface area contributed by atoms with E-state index in [0.29, 0.717) is 11.5 Å². The van der Waals surface area contributed by atoms with Gasteiger partial charge in [-0.1, -0.05) is 15.9 Å². The number of ether oxygens (including phenoxy) is 2. The van der Waals surface area contributed by atoms with Crippen molar-refractivity contribution in [2.75, 3.05) is 19.4 Å². The highest BCUT2D eigenvalue weighted by atomic mass is 79.9. The van der Waals surface area contributed by atoms with Crippen LogP contribution in [0, 0.1) is 0 Å². The molecular weight excluding hydrogens is 224 g/mol. The summed E-state index contributed by atoms with van der Waals surface area (Å²) in [5, 5.41) is 1.88. The molecule has 0 aromatic rings. The van der Waals surface area contributed by atoms with Crippen molar-refractivity contribution in [1.29, 1.82) is 0 Å². The van der Waals surface area contributed by atoms with Crippen LogP contribution < -0.4 is 5.43 Å². The van der Waals surface area contributed by atoms with E-state index in [1.165, 1.54) is 0 Å². The molecule has 4 nitrogen and oxygen atoms in total. The Kier molecular flexibility index (Phi) is 3.84. The first-order valence-electron chi connectivity index (χ1n) is 3.71. The molecule has 0 radical (unpaired) electrons. The fraction of sp³-hybridized carbons (Fsp3) is 0.714. The number of nitrogens with zero attached hydrogens (tertiary/aromatic N) is 1. The van der Waals surface area contributed by atoms with Gasteiger partial charge in [-0.25, -0.2) is 5.43 Å². The van der Waals surface area contributed by atoms with Crippen LogP contribution in [0.1, 0.15) is 6.92 Å². The van der Waals surface area contributed by atoms with Crippen LogP contribution in [0.5, 0.6) is 0 Å². The van der Waals surface area contributed by atoms with E-state index in [0.717, 1.165) is 5.88 Å². The molecule has 1 atom stereocenters. The van der Waals surface area contributed by atoms with Gasteiger partial charge in [0.25, 0.3) is 0 Å². The lowest BCUT2D eigenvalue weighted by atomic mass is 10.4. The van der Waals surface area contributed by atoms with Gasteiger partial charge in [0.1, 0.15) is 0 Å². The van der Waals surface area contributed by atoms with Gasteiger partial charge in [0, 0.05) is 13.2 Å². The summed E-state index contributed by atoms with van der Waals surface area (Å²) in [5.41, 5.74) is 3.88. The Balaban J connectivity index is 2.42. The molecule has 1 aliphatic heterocycles. The van der Waals surface area contributed by atoms with Crippen molar-refractivity contribution in [1.82, 2.24) is 10.4 Å². The van der Waals surface area contributed by atoms with E-state index in [4.69, 9.17) is 9.47 Å². The molecule has 12 heavy (non-hydrogen) atoms. The van der Waals surface area contributed by atoms with Crippen molar-refractivity contribution in [3.8, 4) is 0 Å². The van der Waals surface area contributed by atoms with Gasteiger partial charge in [-0.05, 0) is 13.0 Å². The predicted molar refractivity (Wildman–Crippen MR) is 49.3 cm³/mol. The van der Waals surface area contributed by atoms with E-state index in [2.05, 4.69) is 28.3 Å². The monoisotopic (exact) mass is 236 g/mol. The normalized spacial score (nSPS) is 22.8. The van der Waals surface area contributed by atoms with E-state index in [1.807, 2.05) is 11.1 Å². The zero-order valence-electron chi connectivity index (χ0n) is 7.21. The molecule has 1 rings (SSSR count). The highest BCUT2D eigenvalue weighted by Crippen LogP contribution is 2.13. The summed E-state index contributed by atoms with van der Waals surface area (Å²) < 4.78 is 10.1. The maximum Gasteiger partial charge on any atom is 0.204 e. The second-order valence-electron chi connectivity index (χ2n) is 2.52. The summed E-state index contributed by atoms with van der Waals surface area (Å²) in [4.78, 5) is 0. The highest BCUT2D eigenvalue weighted by Gasteiger charge is 2.19. The quantitative estimate of drug-likeness (QED) is 0.449. The highest BCUT2D eigenvalue weighted by molar-refractivity contribution is 9.09. The molecule has 0 amide bonds. The average Bonchev–Trinajstić information content (AvgIpc) is 2.42. The smallest absolute Gasteiger partial charge is 0.204 e. The third-order valence-electron chi connectivity index (χ3n) is 1.46. The van der Waals surface area contributed by atoms with Crippen LogP contribution in [0.3, 0.4) is 0 Å². The van der Waals surface area contributed by atoms with Crippen molar-refractivity contribution in [2.45, 2.75) is 13.0 Å². The lowest BCUT2D eigenvalue weighted by Crippen LogP contribution is -2.35. The zero-order valence-corrected chi connectivity index (χ0v) is 8.80. The van der Waals surface area contributed by atoms with Crippen molar-refractivity contribution >= 4 is 15.9 Å². The molecular formula is C7H13BrN2O2. The summed E-state index contributed by atoms with van der Waals surface area (Å²) in [6, 6.07) is 0.314. The van der Waals surface area contributed by atoms with Gasteiger partial charge in [0.15, 0.2) is 6.79 Å². The van der Waals surface area contributed by atoms with Crippen molar-refractivity contribution < 1.29 is 9.47 Å². The van der Waals surface area contributed by atoms with Gasteiger partial charge in [-0.3, -0.25) is 5.01 Å². The van der Waals surface area contributed by atoms with Crippen molar-refractivity contribution in [2.24, 2.45) is 0 Å². The van der Waals surface area contributed by atoms with Gasteiger partial charge in [0.2, 0.25) is 5.88 Å². The maximum absolute atomic E-state index is 5.30. The molecule has 70 valence electrons. The van der Waals surface area contributed by atoms with Gasteiger partial charge < -0.3 is 9.47 Å². The molecule has 0 spiro atoms. The average molecular weight is 237 g/mol. The SMILES string of the molecule is COCOC1=CC(C)NN1CBr. The minimum absolute atomic E-state index is 0.281. The molecule has 0 bridgehead atoms. The molecule has 0 saturated heterocycles. The van der Waals surface area contributed by atoms with Crippen LogP contribution in [0.4, 0.5) is 0 Å². The number of hydrogen-bond donors (Lipinski definition) is 1. The number of hydrazine groups is 1. The molecule has 5 heteroatoms. The summed E-state index contributed by atoms with van der Waals surface area (Å²) in [7, 11) is 1.60. The largest absolute Gasteiger partial charge is 0.451 e. The van der Waals surface area contributed by atoms with Crippen LogP contribution in [0.2, 0.25) is 0 Å². The van der Waals surface area contributed by atoms with Gasteiger partial charge in [0.05, 0.1) is 5.45 Å². The molecule has 0 aromatic carbocycles. The number of alkyl halides is 1. The van der Waals surface area contributed by atoms with E-state index in [-0.39, 0.29) is 6.79 Å². The Hall–Kier alpha value is -0.260. The third-order valence-corrected chi connectivity index (χ3v) is 1.96. The molecule has 1 heterocycles. The lowest BCUT2D eigenvalue weighted by Gasteiger charge is -2.19. The molecule has 0 aromatic heterocycles. The number of nitrogens with one attached hydrogen (secondary N) is 1. The summed E-state index contributed by atoms with van der Waals surface area (Å²) in [6.45, 7) is 2.34. The topological polar surface area (TPSA) is 33.7 Å². The van der Waals surface area contributed by atoms with Crippen LogP contribution in [0.15, 0.2) is 12.0 Å². The molecule has 1 aliphatic rings. The number of hydrogen-bond acceptors (Lipinski definition) is 4. The zero-order chi connectivity index (χ0) is 8.97. The first kappa shape index (κ1) is 9.83. The molecule has 1 N–H and O–H groups in total. The van der Waals surface area contributed by atoms with E-state index in [9.17, 15) is 0 Å². The fourth-order valence-electron chi connectivity index (χ4n) is 0.989. The standard InChI is InChI=1S/C7H13BrN2O2/c1-6-3-7(12-5-11-2)10(4-8)9-6/h3,6,9H,4-5H2,1-2H3. The van der Waals surface area contributed by atoms with Gasteiger partial charge in [-0.15, -0.1) is 0 Å². The van der Waals surface area contributed by atoms with Crippen LogP contribution in [0.25, 0.3) is 0 Å². The van der Waals surface area contributed by atoms with Crippen molar-refractivity contribution in [3.63, 3.8) is 0 Å². The van der Waals surface area contributed by atoms with E-state index in [1.54, 1.807) is 7.11 Å². The Labute approximate surface area is 80.6 Å². The Morgan fingerprint density at radius 3 is 3.08 bits per heavy atom. The second-order valence-corrected chi connectivity index (χ2v) is 3.02. The molecule has 0 aliphatic carbocycles. The maximum atomic E-state index is 5.30. The molecule has 0 fully saturated rings. The van der Waals surface area contributed by atoms with Crippen LogP contribution in [-0.4, -0.2) is 30.4 Å². The minimum atomic E-state index is 0.281. The molecule has 0 saturated carbocycles. The molecule has 1 unspecified atom stereocenters. The van der Waals surface area contributed by atoms with Crippen LogP contribution in [-0.2, 0) is 9.47 Å². The summed E-state index contributed by atoms with van der Waals surface area (Å²) in [6.07, 6.45) is 2.00. The fourth-order valence-corrected chi connectivity index (χ4v) is 1.38. The van der Waals surface area contributed by atoms with E-state index < -0.39 is 0 Å². The Morgan fingerprint density at radius 1 is 1.75 bits per heavy atom. The summed E-state index contributed by atoms with van der Waals surface area (Å²) >= 11 is 3.34. The summed E-state index contributed by atoms with van der Waals surface area (Å²) in [5.74, 6) is 0.807. The predicted octanol–water partition coefficient (Wildman–Crippen LogP) is 1.01. The Morgan fingerprint density at radius 2 is 2.50 bits per heavy atom. The van der Waals surface area contributed by atoms with E-state index >= 15 is 0 Å². The first-order chi connectivity index (χ1) is 5.77. The Bertz CT molecular complexity index is 175. The van der Waals surface area contributed by atoms with Crippen molar-refractivity contribution in [3.05, 3.63) is 12.0 Å². The number of rotatable bonds is 4. The lowest BCUT2D eigenvalue weighted by molar-refractivity contribution is -0.0244. The number of halogens is 1.